The second kappa shape index (κ2) is 8.85. The summed E-state index contributed by atoms with van der Waals surface area (Å²) in [5, 5.41) is 0.291. The van der Waals surface area contributed by atoms with Gasteiger partial charge in [-0.25, -0.2) is 4.79 Å². The largest absolute Gasteiger partial charge is 0.493 e. The number of methoxy groups -OCH3 is 3. The lowest BCUT2D eigenvalue weighted by Gasteiger charge is -2.14. The minimum absolute atomic E-state index is 0.249. The van der Waals surface area contributed by atoms with Crippen molar-refractivity contribution in [2.24, 2.45) is 0 Å². The highest BCUT2D eigenvalue weighted by Crippen LogP contribution is 2.41. The van der Waals surface area contributed by atoms with Gasteiger partial charge in [-0.05, 0) is 42.5 Å². The molecule has 0 atom stereocenters. The molecule has 0 aliphatic carbocycles. The van der Waals surface area contributed by atoms with Gasteiger partial charge in [0.1, 0.15) is 17.1 Å². The summed E-state index contributed by atoms with van der Waals surface area (Å²) in [6, 6.07) is 18.0. The summed E-state index contributed by atoms with van der Waals surface area (Å²) in [5.41, 5.74) is 1.06. The monoisotopic (exact) mass is 432 g/mol. The molecule has 0 aliphatic heterocycles. The molecule has 0 radical (unpaired) electrons. The molecule has 0 spiro atoms. The standard InChI is InChI=1S/C25H20O7/c1-28-22-11-16(12-23(29-2)24(22)30-3)21-14-19(26)18-13-17(9-10-20(18)32-21)31-25(27)15-7-5-4-6-8-15/h4-14H,1-3H3. The van der Waals surface area contributed by atoms with E-state index in [9.17, 15) is 9.59 Å². The minimum Gasteiger partial charge on any atom is -0.493 e. The number of hydrogen-bond donors (Lipinski definition) is 0. The van der Waals surface area contributed by atoms with Crippen LogP contribution in [0.1, 0.15) is 10.4 Å². The van der Waals surface area contributed by atoms with E-state index in [1.165, 1.54) is 33.5 Å². The predicted octanol–water partition coefficient (Wildman–Crippen LogP) is 4.71. The Morgan fingerprint density at radius 2 is 1.50 bits per heavy atom. The molecule has 0 aliphatic rings. The van der Waals surface area contributed by atoms with Gasteiger partial charge in [-0.1, -0.05) is 18.2 Å². The van der Waals surface area contributed by atoms with Crippen molar-refractivity contribution in [1.82, 2.24) is 0 Å². The van der Waals surface area contributed by atoms with Gasteiger partial charge < -0.3 is 23.4 Å². The lowest BCUT2D eigenvalue weighted by Crippen LogP contribution is -2.08. The zero-order valence-corrected chi connectivity index (χ0v) is 17.7. The van der Waals surface area contributed by atoms with E-state index in [1.807, 2.05) is 6.07 Å². The van der Waals surface area contributed by atoms with E-state index in [0.717, 1.165) is 0 Å². The number of ether oxygens (including phenoxy) is 4. The van der Waals surface area contributed by atoms with Gasteiger partial charge in [-0.2, -0.15) is 0 Å². The van der Waals surface area contributed by atoms with Crippen molar-refractivity contribution in [1.29, 1.82) is 0 Å². The highest BCUT2D eigenvalue weighted by Gasteiger charge is 2.17. The van der Waals surface area contributed by atoms with E-state index in [-0.39, 0.29) is 11.2 Å². The maximum atomic E-state index is 12.8. The van der Waals surface area contributed by atoms with E-state index in [2.05, 4.69) is 0 Å². The van der Waals surface area contributed by atoms with Crippen LogP contribution < -0.4 is 24.4 Å². The predicted molar refractivity (Wildman–Crippen MR) is 119 cm³/mol. The van der Waals surface area contributed by atoms with E-state index >= 15 is 0 Å². The average molecular weight is 432 g/mol. The topological polar surface area (TPSA) is 84.2 Å². The van der Waals surface area contributed by atoms with Crippen LogP contribution in [-0.4, -0.2) is 27.3 Å². The SMILES string of the molecule is COc1cc(-c2cc(=O)c3cc(OC(=O)c4ccccc4)ccc3o2)cc(OC)c1OC. The highest BCUT2D eigenvalue weighted by atomic mass is 16.5. The maximum Gasteiger partial charge on any atom is 0.343 e. The van der Waals surface area contributed by atoms with Gasteiger partial charge >= 0.3 is 5.97 Å². The van der Waals surface area contributed by atoms with Crippen molar-refractivity contribution in [2.45, 2.75) is 0 Å². The number of fused-ring (bicyclic) bond motifs is 1. The Morgan fingerprint density at radius 3 is 2.12 bits per heavy atom. The number of carbonyl (C=O) groups is 1. The molecule has 7 heteroatoms. The van der Waals surface area contributed by atoms with Crippen LogP contribution in [0.4, 0.5) is 0 Å². The van der Waals surface area contributed by atoms with Crippen LogP contribution in [0.25, 0.3) is 22.3 Å². The fraction of sp³-hybridized carbons (Fsp3) is 0.120. The Kier molecular flexibility index (Phi) is 5.81. The summed E-state index contributed by atoms with van der Waals surface area (Å²) in [4.78, 5) is 25.1. The van der Waals surface area contributed by atoms with Gasteiger partial charge in [0.25, 0.3) is 0 Å². The number of hydrogen-bond acceptors (Lipinski definition) is 7. The first-order valence-electron chi connectivity index (χ1n) is 9.69. The van der Waals surface area contributed by atoms with Crippen molar-refractivity contribution in [2.75, 3.05) is 21.3 Å². The van der Waals surface area contributed by atoms with Gasteiger partial charge in [0.2, 0.25) is 5.75 Å². The smallest absolute Gasteiger partial charge is 0.343 e. The second-order valence-electron chi connectivity index (χ2n) is 6.80. The summed E-state index contributed by atoms with van der Waals surface area (Å²) >= 11 is 0. The van der Waals surface area contributed by atoms with Crippen LogP contribution in [0, 0.1) is 0 Å². The molecule has 0 amide bonds. The van der Waals surface area contributed by atoms with Gasteiger partial charge in [0, 0.05) is 11.6 Å². The first-order valence-corrected chi connectivity index (χ1v) is 9.69. The molecule has 162 valence electrons. The molecule has 1 aromatic heterocycles. The third-order valence-corrected chi connectivity index (χ3v) is 4.87. The normalized spacial score (nSPS) is 10.6. The first kappa shape index (κ1) is 21.0. The zero-order valence-electron chi connectivity index (χ0n) is 17.7. The Bertz CT molecular complexity index is 1310. The third kappa shape index (κ3) is 4.00. The van der Waals surface area contributed by atoms with Gasteiger partial charge in [0.15, 0.2) is 16.9 Å². The molecule has 0 saturated heterocycles. The summed E-state index contributed by atoms with van der Waals surface area (Å²) in [7, 11) is 4.53. The number of carbonyl (C=O) groups excluding carboxylic acids is 1. The molecule has 7 nitrogen and oxygen atoms in total. The maximum absolute atomic E-state index is 12.8. The molecule has 1 heterocycles. The fourth-order valence-corrected chi connectivity index (χ4v) is 3.30. The summed E-state index contributed by atoms with van der Waals surface area (Å²) in [6.45, 7) is 0. The van der Waals surface area contributed by atoms with E-state index in [1.54, 1.807) is 48.5 Å². The molecule has 0 N–H and O–H groups in total. The number of benzene rings is 3. The Hall–Kier alpha value is -4.26. The molecular weight excluding hydrogens is 412 g/mol. The second-order valence-corrected chi connectivity index (χ2v) is 6.80. The Balaban J connectivity index is 1.72. The summed E-state index contributed by atoms with van der Waals surface area (Å²) in [6.07, 6.45) is 0. The molecule has 0 bridgehead atoms. The van der Waals surface area contributed by atoms with Crippen molar-refractivity contribution in [3.05, 3.63) is 82.5 Å². The Labute approximate surface area is 183 Å². The molecule has 0 unspecified atom stereocenters. The van der Waals surface area contributed by atoms with E-state index in [4.69, 9.17) is 23.4 Å². The van der Waals surface area contributed by atoms with E-state index < -0.39 is 5.97 Å². The Morgan fingerprint density at radius 1 is 0.812 bits per heavy atom. The molecule has 4 rings (SSSR count). The number of esters is 1. The minimum atomic E-state index is -0.511. The van der Waals surface area contributed by atoms with Gasteiger partial charge in [-0.3, -0.25) is 4.79 Å². The number of rotatable bonds is 6. The van der Waals surface area contributed by atoms with Crippen LogP contribution in [-0.2, 0) is 0 Å². The summed E-state index contributed by atoms with van der Waals surface area (Å²) in [5.74, 6) is 1.38. The van der Waals surface area contributed by atoms with Gasteiger partial charge in [0.05, 0.1) is 32.3 Å². The third-order valence-electron chi connectivity index (χ3n) is 4.87. The molecule has 4 aromatic rings. The van der Waals surface area contributed by atoms with Crippen molar-refractivity contribution < 1.29 is 28.2 Å². The van der Waals surface area contributed by atoms with Crippen molar-refractivity contribution >= 4 is 16.9 Å². The van der Waals surface area contributed by atoms with Crippen LogP contribution in [0.3, 0.4) is 0 Å². The van der Waals surface area contributed by atoms with E-state index in [0.29, 0.717) is 45.1 Å². The van der Waals surface area contributed by atoms with Crippen LogP contribution in [0.15, 0.2) is 75.9 Å². The lowest BCUT2D eigenvalue weighted by atomic mass is 10.1. The average Bonchev–Trinajstić information content (AvgIpc) is 2.83. The molecule has 0 saturated carbocycles. The van der Waals surface area contributed by atoms with Crippen molar-refractivity contribution in [3.8, 4) is 34.3 Å². The fourth-order valence-electron chi connectivity index (χ4n) is 3.30. The highest BCUT2D eigenvalue weighted by molar-refractivity contribution is 5.91. The van der Waals surface area contributed by atoms with Crippen molar-refractivity contribution in [3.63, 3.8) is 0 Å². The molecule has 32 heavy (non-hydrogen) atoms. The molecule has 3 aromatic carbocycles. The van der Waals surface area contributed by atoms with Gasteiger partial charge in [-0.15, -0.1) is 0 Å². The van der Waals surface area contributed by atoms with Crippen LogP contribution >= 0.6 is 0 Å². The molecule has 0 fully saturated rings. The molecular formula is C25H20O7. The van der Waals surface area contributed by atoms with Crippen LogP contribution in [0.2, 0.25) is 0 Å². The quantitative estimate of drug-likeness (QED) is 0.322. The zero-order chi connectivity index (χ0) is 22.7. The summed E-state index contributed by atoms with van der Waals surface area (Å²) < 4.78 is 27.4. The van der Waals surface area contributed by atoms with Crippen LogP contribution in [0.5, 0.6) is 23.0 Å². The first-order chi connectivity index (χ1) is 15.5. The lowest BCUT2D eigenvalue weighted by molar-refractivity contribution is 0.0735.